The molecule has 0 saturated heterocycles. The van der Waals surface area contributed by atoms with Gasteiger partial charge in [0.15, 0.2) is 0 Å². The number of benzene rings is 2. The molecule has 0 bridgehead atoms. The van der Waals surface area contributed by atoms with E-state index in [2.05, 4.69) is 5.32 Å². The van der Waals surface area contributed by atoms with Gasteiger partial charge < -0.3 is 15.0 Å². The first kappa shape index (κ1) is 17.7. The van der Waals surface area contributed by atoms with E-state index in [0.29, 0.717) is 24.5 Å². The van der Waals surface area contributed by atoms with Crippen LogP contribution in [-0.4, -0.2) is 31.0 Å². The van der Waals surface area contributed by atoms with E-state index in [9.17, 15) is 14.9 Å². The molecule has 0 saturated carbocycles. The first-order chi connectivity index (χ1) is 12.6. The van der Waals surface area contributed by atoms with Crippen LogP contribution in [0.4, 0.5) is 17.1 Å². The van der Waals surface area contributed by atoms with E-state index in [0.717, 1.165) is 24.1 Å². The van der Waals surface area contributed by atoms with E-state index in [-0.39, 0.29) is 18.0 Å². The van der Waals surface area contributed by atoms with Crippen LogP contribution < -0.4 is 15.0 Å². The monoisotopic (exact) mass is 355 g/mol. The highest BCUT2D eigenvalue weighted by Gasteiger charge is 2.25. The molecule has 0 aromatic heterocycles. The van der Waals surface area contributed by atoms with Crippen molar-refractivity contribution >= 4 is 23.0 Å². The number of nitrogens with one attached hydrogen (secondary N) is 1. The molecule has 1 heterocycles. The Morgan fingerprint density at radius 3 is 2.85 bits per heavy atom. The van der Waals surface area contributed by atoms with Crippen molar-refractivity contribution in [1.29, 1.82) is 0 Å². The molecule has 136 valence electrons. The fraction of sp³-hybridized carbons (Fsp3) is 0.316. The molecule has 0 unspecified atom stereocenters. The number of para-hydroxylation sites is 3. The lowest BCUT2D eigenvalue weighted by atomic mass is 10.0. The maximum atomic E-state index is 12.7. The number of ether oxygens (including phenoxy) is 1. The molecule has 1 amide bonds. The zero-order valence-corrected chi connectivity index (χ0v) is 14.6. The number of carbonyl (C=O) groups excluding carboxylic acids is 1. The zero-order valence-electron chi connectivity index (χ0n) is 14.6. The first-order valence-corrected chi connectivity index (χ1v) is 8.55. The number of hydrogen-bond donors (Lipinski definition) is 1. The number of methoxy groups -OCH3 is 1. The van der Waals surface area contributed by atoms with Gasteiger partial charge in [0.1, 0.15) is 11.4 Å². The van der Waals surface area contributed by atoms with E-state index in [1.807, 2.05) is 18.2 Å². The van der Waals surface area contributed by atoms with Gasteiger partial charge in [-0.3, -0.25) is 14.9 Å². The second-order valence-corrected chi connectivity index (χ2v) is 6.07. The van der Waals surface area contributed by atoms with Gasteiger partial charge in [0.25, 0.3) is 5.69 Å². The quantitative estimate of drug-likeness (QED) is 0.634. The predicted octanol–water partition coefficient (Wildman–Crippen LogP) is 3.38. The molecule has 2 aromatic carbocycles. The zero-order chi connectivity index (χ0) is 18.5. The molecule has 0 atom stereocenters. The molecule has 2 aromatic rings. The fourth-order valence-electron chi connectivity index (χ4n) is 3.25. The molecular formula is C19H21N3O4. The molecule has 1 aliphatic rings. The molecule has 26 heavy (non-hydrogen) atoms. The van der Waals surface area contributed by atoms with Crippen LogP contribution in [0, 0.1) is 10.1 Å². The summed E-state index contributed by atoms with van der Waals surface area (Å²) >= 11 is 0. The Hall–Kier alpha value is -3.09. The van der Waals surface area contributed by atoms with E-state index in [1.54, 1.807) is 30.2 Å². The van der Waals surface area contributed by atoms with Crippen molar-refractivity contribution in [2.45, 2.75) is 19.3 Å². The average Bonchev–Trinajstić information content (AvgIpc) is 2.67. The van der Waals surface area contributed by atoms with E-state index in [4.69, 9.17) is 4.74 Å². The van der Waals surface area contributed by atoms with Crippen LogP contribution in [0.3, 0.4) is 0 Å². The Bertz CT molecular complexity index is 808. The lowest BCUT2D eigenvalue weighted by molar-refractivity contribution is -0.384. The minimum atomic E-state index is -0.435. The number of nitrogens with zero attached hydrogens (tertiary/aromatic N) is 2. The molecule has 0 spiro atoms. The van der Waals surface area contributed by atoms with Crippen molar-refractivity contribution in [1.82, 2.24) is 0 Å². The van der Waals surface area contributed by atoms with Gasteiger partial charge in [0, 0.05) is 25.6 Å². The lowest BCUT2D eigenvalue weighted by Crippen LogP contribution is -2.36. The Balaban J connectivity index is 1.68. The van der Waals surface area contributed by atoms with Crippen LogP contribution in [-0.2, 0) is 11.2 Å². The normalized spacial score (nSPS) is 13.0. The highest BCUT2D eigenvalue weighted by atomic mass is 16.6. The molecule has 1 N–H and O–H groups in total. The summed E-state index contributed by atoms with van der Waals surface area (Å²) < 4.78 is 5.42. The largest absolute Gasteiger partial charge is 0.495 e. The first-order valence-electron chi connectivity index (χ1n) is 8.55. The summed E-state index contributed by atoms with van der Waals surface area (Å²) in [5.74, 6) is 0.670. The van der Waals surface area contributed by atoms with Crippen LogP contribution in [0.15, 0.2) is 42.5 Å². The number of amides is 1. The Morgan fingerprint density at radius 2 is 2.08 bits per heavy atom. The second kappa shape index (κ2) is 7.86. The summed E-state index contributed by atoms with van der Waals surface area (Å²) in [6, 6.07) is 12.2. The standard InChI is InChI=1S/C19H21N3O4/c1-26-17-10-4-6-14-7-5-13-21(19(14)17)18(23)11-12-20-15-8-2-3-9-16(15)22(24)25/h2-4,6,8-10,20H,5,7,11-13H2,1H3. The second-order valence-electron chi connectivity index (χ2n) is 6.07. The topological polar surface area (TPSA) is 84.7 Å². The van der Waals surface area contributed by atoms with Gasteiger partial charge in [-0.1, -0.05) is 24.3 Å². The molecule has 0 aliphatic carbocycles. The van der Waals surface area contributed by atoms with Crippen LogP contribution in [0.5, 0.6) is 5.75 Å². The summed E-state index contributed by atoms with van der Waals surface area (Å²) in [6.45, 7) is 0.975. The van der Waals surface area contributed by atoms with E-state index >= 15 is 0 Å². The van der Waals surface area contributed by atoms with Crippen molar-refractivity contribution in [3.8, 4) is 5.75 Å². The summed E-state index contributed by atoms with van der Waals surface area (Å²) in [7, 11) is 1.60. The highest BCUT2D eigenvalue weighted by molar-refractivity contribution is 5.96. The minimum Gasteiger partial charge on any atom is -0.495 e. The maximum Gasteiger partial charge on any atom is 0.292 e. The van der Waals surface area contributed by atoms with Crippen molar-refractivity contribution in [2.24, 2.45) is 0 Å². The summed E-state index contributed by atoms with van der Waals surface area (Å²) in [6.07, 6.45) is 2.07. The number of nitro groups is 1. The number of rotatable bonds is 6. The number of nitro benzene ring substituents is 1. The van der Waals surface area contributed by atoms with Gasteiger partial charge in [-0.15, -0.1) is 0 Å². The predicted molar refractivity (Wildman–Crippen MR) is 99.9 cm³/mol. The number of anilines is 2. The van der Waals surface area contributed by atoms with E-state index < -0.39 is 4.92 Å². The third-order valence-corrected chi connectivity index (χ3v) is 4.46. The molecule has 7 nitrogen and oxygen atoms in total. The summed E-state index contributed by atoms with van der Waals surface area (Å²) in [4.78, 5) is 25.1. The van der Waals surface area contributed by atoms with Gasteiger partial charge in [0.05, 0.1) is 17.7 Å². The van der Waals surface area contributed by atoms with Gasteiger partial charge in [-0.25, -0.2) is 0 Å². The third-order valence-electron chi connectivity index (χ3n) is 4.46. The van der Waals surface area contributed by atoms with Crippen LogP contribution in [0.1, 0.15) is 18.4 Å². The van der Waals surface area contributed by atoms with Gasteiger partial charge in [-0.2, -0.15) is 0 Å². The SMILES string of the molecule is COc1cccc2c1N(C(=O)CCNc1ccccc1[N+](=O)[O-])CCC2. The number of fused-ring (bicyclic) bond motifs is 1. The molecule has 0 radical (unpaired) electrons. The van der Waals surface area contributed by atoms with Gasteiger partial charge in [-0.05, 0) is 30.5 Å². The summed E-state index contributed by atoms with van der Waals surface area (Å²) in [5, 5.41) is 14.0. The lowest BCUT2D eigenvalue weighted by Gasteiger charge is -2.31. The minimum absolute atomic E-state index is 0.00457. The number of carbonyl (C=O) groups is 1. The molecule has 3 rings (SSSR count). The summed E-state index contributed by atoms with van der Waals surface area (Å²) in [5.41, 5.74) is 2.37. The van der Waals surface area contributed by atoms with Crippen molar-refractivity contribution in [3.05, 3.63) is 58.1 Å². The smallest absolute Gasteiger partial charge is 0.292 e. The molecule has 7 heteroatoms. The van der Waals surface area contributed by atoms with Crippen LogP contribution >= 0.6 is 0 Å². The molecular weight excluding hydrogens is 334 g/mol. The van der Waals surface area contributed by atoms with Crippen molar-refractivity contribution < 1.29 is 14.5 Å². The number of hydrogen-bond acceptors (Lipinski definition) is 5. The van der Waals surface area contributed by atoms with E-state index in [1.165, 1.54) is 6.07 Å². The molecule has 0 fully saturated rings. The third kappa shape index (κ3) is 3.61. The number of aryl methyl sites for hydroxylation is 1. The highest BCUT2D eigenvalue weighted by Crippen LogP contribution is 2.36. The molecule has 1 aliphatic heterocycles. The van der Waals surface area contributed by atoms with Crippen molar-refractivity contribution in [2.75, 3.05) is 30.4 Å². The van der Waals surface area contributed by atoms with Crippen molar-refractivity contribution in [3.63, 3.8) is 0 Å². The van der Waals surface area contributed by atoms with Crippen LogP contribution in [0.2, 0.25) is 0 Å². The average molecular weight is 355 g/mol. The Kier molecular flexibility index (Phi) is 5.36. The van der Waals surface area contributed by atoms with Gasteiger partial charge in [0.2, 0.25) is 5.91 Å². The Labute approximate surface area is 151 Å². The maximum absolute atomic E-state index is 12.7. The Morgan fingerprint density at radius 1 is 1.27 bits per heavy atom. The fourth-order valence-corrected chi connectivity index (χ4v) is 3.25. The van der Waals surface area contributed by atoms with Crippen LogP contribution in [0.25, 0.3) is 0 Å². The van der Waals surface area contributed by atoms with Gasteiger partial charge >= 0.3 is 0 Å².